The summed E-state index contributed by atoms with van der Waals surface area (Å²) in [6, 6.07) is 5.27. The van der Waals surface area contributed by atoms with Crippen LogP contribution in [0.5, 0.6) is 5.75 Å². The number of hydrogen-bond acceptors (Lipinski definition) is 4. The van der Waals surface area contributed by atoms with Gasteiger partial charge in [0.25, 0.3) is 0 Å². The zero-order valence-corrected chi connectivity index (χ0v) is 11.3. The quantitative estimate of drug-likeness (QED) is 0.710. The van der Waals surface area contributed by atoms with Crippen molar-refractivity contribution in [2.75, 3.05) is 24.7 Å². The molecule has 0 aliphatic carbocycles. The van der Waals surface area contributed by atoms with Crippen LogP contribution in [0.15, 0.2) is 18.2 Å². The first-order valence-corrected chi connectivity index (χ1v) is 5.79. The Morgan fingerprint density at radius 3 is 2.56 bits per heavy atom. The van der Waals surface area contributed by atoms with Crippen LogP contribution >= 0.6 is 0 Å². The van der Waals surface area contributed by atoms with Crippen molar-refractivity contribution in [1.82, 2.24) is 5.32 Å². The minimum absolute atomic E-state index is 0.0658. The fourth-order valence-corrected chi connectivity index (χ4v) is 1.49. The summed E-state index contributed by atoms with van der Waals surface area (Å²) < 4.78 is 5.10. The van der Waals surface area contributed by atoms with Gasteiger partial charge in [-0.15, -0.1) is 0 Å². The monoisotopic (exact) mass is 251 g/mol. The molecular weight excluding hydrogens is 230 g/mol. The van der Waals surface area contributed by atoms with Crippen LogP contribution in [0.4, 0.5) is 11.4 Å². The molecule has 0 aliphatic rings. The number of rotatable bonds is 4. The first kappa shape index (κ1) is 14.2. The molecule has 0 saturated carbocycles. The Hall–Kier alpha value is -1.91. The van der Waals surface area contributed by atoms with E-state index in [0.717, 1.165) is 5.69 Å². The maximum atomic E-state index is 11.6. The third kappa shape index (κ3) is 4.95. The van der Waals surface area contributed by atoms with Crippen molar-refractivity contribution in [2.45, 2.75) is 26.3 Å². The summed E-state index contributed by atoms with van der Waals surface area (Å²) in [5, 5.41) is 5.88. The summed E-state index contributed by atoms with van der Waals surface area (Å²) in [5.74, 6) is 0.595. The van der Waals surface area contributed by atoms with E-state index in [1.807, 2.05) is 20.8 Å². The number of anilines is 2. The van der Waals surface area contributed by atoms with Gasteiger partial charge in [-0.1, -0.05) is 0 Å². The minimum atomic E-state index is -0.230. The number of hydrogen-bond donors (Lipinski definition) is 3. The van der Waals surface area contributed by atoms with Crippen molar-refractivity contribution in [1.29, 1.82) is 0 Å². The summed E-state index contributed by atoms with van der Waals surface area (Å²) in [6.45, 7) is 6.02. The summed E-state index contributed by atoms with van der Waals surface area (Å²) in [6.07, 6.45) is 0. The molecule has 4 N–H and O–H groups in total. The van der Waals surface area contributed by atoms with Crippen LogP contribution in [0.1, 0.15) is 20.8 Å². The van der Waals surface area contributed by atoms with Gasteiger partial charge < -0.3 is 21.1 Å². The van der Waals surface area contributed by atoms with Gasteiger partial charge in [-0.2, -0.15) is 0 Å². The van der Waals surface area contributed by atoms with Crippen LogP contribution < -0.4 is 21.1 Å². The van der Waals surface area contributed by atoms with E-state index in [2.05, 4.69) is 10.6 Å². The molecule has 0 aromatic heterocycles. The van der Waals surface area contributed by atoms with Crippen LogP contribution in [0.25, 0.3) is 0 Å². The molecule has 18 heavy (non-hydrogen) atoms. The lowest BCUT2D eigenvalue weighted by Crippen LogP contribution is -2.43. The zero-order valence-electron chi connectivity index (χ0n) is 11.3. The third-order valence-corrected chi connectivity index (χ3v) is 2.13. The van der Waals surface area contributed by atoms with Gasteiger partial charge in [0.05, 0.1) is 13.7 Å². The van der Waals surface area contributed by atoms with E-state index in [9.17, 15) is 4.79 Å². The van der Waals surface area contributed by atoms with Crippen molar-refractivity contribution in [3.8, 4) is 5.75 Å². The van der Waals surface area contributed by atoms with E-state index < -0.39 is 0 Å². The van der Waals surface area contributed by atoms with E-state index in [1.54, 1.807) is 25.3 Å². The molecular formula is C13H21N3O2. The van der Waals surface area contributed by atoms with Crippen molar-refractivity contribution in [3.63, 3.8) is 0 Å². The van der Waals surface area contributed by atoms with E-state index in [4.69, 9.17) is 10.5 Å². The van der Waals surface area contributed by atoms with Gasteiger partial charge in [-0.25, -0.2) is 0 Å². The number of nitrogens with one attached hydrogen (secondary N) is 2. The minimum Gasteiger partial charge on any atom is -0.497 e. The SMILES string of the molecule is COc1cc(N)cc(NCC(=O)NC(C)(C)C)c1. The number of carbonyl (C=O) groups excluding carboxylic acids is 1. The highest BCUT2D eigenvalue weighted by atomic mass is 16.5. The third-order valence-electron chi connectivity index (χ3n) is 2.13. The predicted molar refractivity (Wildman–Crippen MR) is 73.8 cm³/mol. The molecule has 0 aliphatic heterocycles. The predicted octanol–water partition coefficient (Wildman–Crippen LogP) is 1.60. The van der Waals surface area contributed by atoms with E-state index >= 15 is 0 Å². The van der Waals surface area contributed by atoms with Crippen LogP contribution in [-0.2, 0) is 4.79 Å². The van der Waals surface area contributed by atoms with Crippen LogP contribution in [0, 0.1) is 0 Å². The van der Waals surface area contributed by atoms with Gasteiger partial charge >= 0.3 is 0 Å². The Balaban J connectivity index is 2.58. The Morgan fingerprint density at radius 2 is 2.00 bits per heavy atom. The van der Waals surface area contributed by atoms with Crippen molar-refractivity contribution in [2.24, 2.45) is 0 Å². The number of methoxy groups -OCH3 is 1. The lowest BCUT2D eigenvalue weighted by molar-refractivity contribution is -0.120. The number of amides is 1. The highest BCUT2D eigenvalue weighted by Crippen LogP contribution is 2.21. The average molecular weight is 251 g/mol. The molecule has 0 spiro atoms. The van der Waals surface area contributed by atoms with Crippen molar-refractivity contribution >= 4 is 17.3 Å². The lowest BCUT2D eigenvalue weighted by atomic mass is 10.1. The molecule has 0 radical (unpaired) electrons. The summed E-state index contributed by atoms with van der Waals surface area (Å²) in [4.78, 5) is 11.6. The molecule has 1 aromatic rings. The summed E-state index contributed by atoms with van der Waals surface area (Å²) >= 11 is 0. The van der Waals surface area contributed by atoms with Gasteiger partial charge in [0.2, 0.25) is 5.91 Å². The number of carbonyl (C=O) groups is 1. The Labute approximate surface area is 108 Å². The molecule has 1 amide bonds. The Kier molecular flexibility index (Phi) is 4.42. The van der Waals surface area contributed by atoms with Gasteiger partial charge in [-0.05, 0) is 26.8 Å². The van der Waals surface area contributed by atoms with Crippen molar-refractivity contribution in [3.05, 3.63) is 18.2 Å². The Morgan fingerprint density at radius 1 is 1.33 bits per heavy atom. The number of benzene rings is 1. The number of ether oxygens (including phenoxy) is 1. The molecule has 0 atom stereocenters. The van der Waals surface area contributed by atoms with Crippen LogP contribution in [-0.4, -0.2) is 25.1 Å². The molecule has 1 aromatic carbocycles. The first-order valence-electron chi connectivity index (χ1n) is 5.79. The standard InChI is InChI=1S/C13H21N3O2/c1-13(2,3)16-12(17)8-15-10-5-9(14)6-11(7-10)18-4/h5-7,15H,8,14H2,1-4H3,(H,16,17). The molecule has 0 saturated heterocycles. The van der Waals surface area contributed by atoms with Gasteiger partial charge in [0.1, 0.15) is 5.75 Å². The number of nitrogen functional groups attached to an aromatic ring is 1. The van der Waals surface area contributed by atoms with Gasteiger partial charge in [-0.3, -0.25) is 4.79 Å². The second-order valence-electron chi connectivity index (χ2n) is 5.15. The van der Waals surface area contributed by atoms with Crippen LogP contribution in [0.3, 0.4) is 0 Å². The Bertz CT molecular complexity index is 425. The van der Waals surface area contributed by atoms with Crippen LogP contribution in [0.2, 0.25) is 0 Å². The van der Waals surface area contributed by atoms with Gasteiger partial charge in [0.15, 0.2) is 0 Å². The van der Waals surface area contributed by atoms with Crippen molar-refractivity contribution < 1.29 is 9.53 Å². The summed E-state index contributed by atoms with van der Waals surface area (Å²) in [5.41, 5.74) is 6.84. The molecule has 0 heterocycles. The van der Waals surface area contributed by atoms with E-state index in [1.165, 1.54) is 0 Å². The molecule has 0 bridgehead atoms. The topological polar surface area (TPSA) is 76.4 Å². The molecule has 0 unspecified atom stereocenters. The normalized spacial score (nSPS) is 10.9. The molecule has 100 valence electrons. The molecule has 5 heteroatoms. The number of nitrogens with two attached hydrogens (primary N) is 1. The molecule has 0 fully saturated rings. The molecule has 1 rings (SSSR count). The van der Waals surface area contributed by atoms with E-state index in [-0.39, 0.29) is 18.0 Å². The second kappa shape index (κ2) is 5.62. The highest BCUT2D eigenvalue weighted by molar-refractivity contribution is 5.81. The lowest BCUT2D eigenvalue weighted by Gasteiger charge is -2.20. The summed E-state index contributed by atoms with van der Waals surface area (Å²) in [7, 11) is 1.57. The smallest absolute Gasteiger partial charge is 0.239 e. The second-order valence-corrected chi connectivity index (χ2v) is 5.15. The van der Waals surface area contributed by atoms with Gasteiger partial charge in [0, 0.05) is 29.0 Å². The maximum Gasteiger partial charge on any atom is 0.239 e. The first-order chi connectivity index (χ1) is 8.30. The molecule has 5 nitrogen and oxygen atoms in total. The van der Waals surface area contributed by atoms with E-state index in [0.29, 0.717) is 11.4 Å². The fraction of sp³-hybridized carbons (Fsp3) is 0.462. The zero-order chi connectivity index (χ0) is 13.8. The maximum absolute atomic E-state index is 11.6. The largest absolute Gasteiger partial charge is 0.497 e. The highest BCUT2D eigenvalue weighted by Gasteiger charge is 2.13. The fourth-order valence-electron chi connectivity index (χ4n) is 1.49. The average Bonchev–Trinajstić information content (AvgIpc) is 2.23.